The lowest BCUT2D eigenvalue weighted by Gasteiger charge is -2.20. The van der Waals surface area contributed by atoms with Crippen molar-refractivity contribution in [3.05, 3.63) is 67.6 Å². The van der Waals surface area contributed by atoms with Crippen LogP contribution >= 0.6 is 46.4 Å². The van der Waals surface area contributed by atoms with Gasteiger partial charge < -0.3 is 10.2 Å². The maximum atomic E-state index is 10.2. The lowest BCUT2D eigenvalue weighted by atomic mass is 9.98. The summed E-state index contributed by atoms with van der Waals surface area (Å²) in [6, 6.07) is 9.28. The summed E-state index contributed by atoms with van der Waals surface area (Å²) >= 11 is 23.6. The highest BCUT2D eigenvalue weighted by molar-refractivity contribution is 6.35. The molecule has 0 radical (unpaired) electrons. The molecule has 0 heterocycles. The van der Waals surface area contributed by atoms with Gasteiger partial charge in [-0.05, 0) is 24.3 Å². The summed E-state index contributed by atoms with van der Waals surface area (Å²) in [5.41, 5.74) is 0.740. The standard InChI is InChI=1S/C14H10Cl4O2/c15-7-1-3-9(11(17)5-7)13(19)14(20)10-4-2-8(16)6-12(10)18/h1-6,13-14,19-20H. The smallest absolute Gasteiger partial charge is 0.111 e. The fourth-order valence-corrected chi connectivity index (χ4v) is 2.86. The summed E-state index contributed by atoms with van der Waals surface area (Å²) < 4.78 is 0. The SMILES string of the molecule is OC(c1ccc(Cl)cc1Cl)C(O)c1ccc(Cl)cc1Cl. The molecule has 0 bridgehead atoms. The predicted octanol–water partition coefficient (Wildman–Crippen LogP) is 5.07. The van der Waals surface area contributed by atoms with E-state index >= 15 is 0 Å². The van der Waals surface area contributed by atoms with Crippen molar-refractivity contribution in [2.75, 3.05) is 0 Å². The lowest BCUT2D eigenvalue weighted by molar-refractivity contribution is 0.0174. The molecule has 2 atom stereocenters. The van der Waals surface area contributed by atoms with Gasteiger partial charge in [0.05, 0.1) is 0 Å². The molecule has 2 nitrogen and oxygen atoms in total. The van der Waals surface area contributed by atoms with Gasteiger partial charge in [-0.25, -0.2) is 0 Å². The Kier molecular flexibility index (Phi) is 5.19. The van der Waals surface area contributed by atoms with Crippen molar-refractivity contribution in [3.63, 3.8) is 0 Å². The van der Waals surface area contributed by atoms with Gasteiger partial charge in [0.2, 0.25) is 0 Å². The Labute approximate surface area is 136 Å². The Bertz CT molecular complexity index is 575. The Hall–Kier alpha value is -0.480. The fourth-order valence-electron chi connectivity index (χ4n) is 1.82. The maximum Gasteiger partial charge on any atom is 0.111 e. The Morgan fingerprint density at radius 1 is 0.650 bits per heavy atom. The molecule has 0 aromatic heterocycles. The first-order valence-corrected chi connectivity index (χ1v) is 7.17. The zero-order valence-corrected chi connectivity index (χ0v) is 13.0. The normalized spacial score (nSPS) is 14.1. The monoisotopic (exact) mass is 350 g/mol. The first-order valence-electron chi connectivity index (χ1n) is 5.66. The number of halogens is 4. The van der Waals surface area contributed by atoms with Crippen LogP contribution in [0.25, 0.3) is 0 Å². The summed E-state index contributed by atoms with van der Waals surface area (Å²) in [6.45, 7) is 0. The molecule has 20 heavy (non-hydrogen) atoms. The molecule has 2 aromatic rings. The van der Waals surface area contributed by atoms with Crippen molar-refractivity contribution in [2.45, 2.75) is 12.2 Å². The minimum Gasteiger partial charge on any atom is -0.385 e. The highest BCUT2D eigenvalue weighted by Gasteiger charge is 2.24. The number of hydrogen-bond acceptors (Lipinski definition) is 2. The van der Waals surface area contributed by atoms with Gasteiger partial charge in [0.15, 0.2) is 0 Å². The van der Waals surface area contributed by atoms with Crippen LogP contribution in [0.3, 0.4) is 0 Å². The van der Waals surface area contributed by atoms with Crippen LogP contribution < -0.4 is 0 Å². The van der Waals surface area contributed by atoms with Gasteiger partial charge >= 0.3 is 0 Å². The van der Waals surface area contributed by atoms with Crippen LogP contribution in [-0.4, -0.2) is 10.2 Å². The number of hydrogen-bond donors (Lipinski definition) is 2. The third kappa shape index (κ3) is 3.40. The van der Waals surface area contributed by atoms with Gasteiger partial charge in [-0.2, -0.15) is 0 Å². The van der Waals surface area contributed by atoms with E-state index in [1.807, 2.05) is 0 Å². The van der Waals surface area contributed by atoms with Gasteiger partial charge in [0.1, 0.15) is 12.2 Å². The zero-order chi connectivity index (χ0) is 14.9. The molecule has 2 rings (SSSR count). The molecule has 2 N–H and O–H groups in total. The minimum atomic E-state index is -1.22. The quantitative estimate of drug-likeness (QED) is 0.810. The number of rotatable bonds is 3. The largest absolute Gasteiger partial charge is 0.385 e. The summed E-state index contributed by atoms with van der Waals surface area (Å²) in [7, 11) is 0. The van der Waals surface area contributed by atoms with Crippen LogP contribution in [0, 0.1) is 0 Å². The van der Waals surface area contributed by atoms with E-state index in [0.29, 0.717) is 21.2 Å². The average molecular weight is 352 g/mol. The molecule has 0 aliphatic carbocycles. The van der Waals surface area contributed by atoms with Gasteiger partial charge in [-0.3, -0.25) is 0 Å². The van der Waals surface area contributed by atoms with E-state index in [0.717, 1.165) is 0 Å². The van der Waals surface area contributed by atoms with Crippen molar-refractivity contribution in [2.24, 2.45) is 0 Å². The van der Waals surface area contributed by atoms with E-state index in [2.05, 4.69) is 0 Å². The molecule has 0 fully saturated rings. The van der Waals surface area contributed by atoms with E-state index < -0.39 is 12.2 Å². The zero-order valence-electron chi connectivity index (χ0n) is 10.0. The molecule has 0 aliphatic rings. The van der Waals surface area contributed by atoms with Crippen molar-refractivity contribution >= 4 is 46.4 Å². The van der Waals surface area contributed by atoms with E-state index in [-0.39, 0.29) is 10.0 Å². The summed E-state index contributed by atoms with van der Waals surface area (Å²) in [5.74, 6) is 0. The van der Waals surface area contributed by atoms with Crippen LogP contribution in [-0.2, 0) is 0 Å². The van der Waals surface area contributed by atoms with E-state index in [1.165, 1.54) is 12.1 Å². The number of aliphatic hydroxyl groups excluding tert-OH is 2. The highest BCUT2D eigenvalue weighted by atomic mass is 35.5. The van der Waals surface area contributed by atoms with Crippen LogP contribution in [0.4, 0.5) is 0 Å². The molecule has 0 saturated heterocycles. The van der Waals surface area contributed by atoms with E-state index in [4.69, 9.17) is 46.4 Å². The number of aliphatic hydroxyl groups is 2. The van der Waals surface area contributed by atoms with Crippen molar-refractivity contribution in [1.82, 2.24) is 0 Å². The highest BCUT2D eigenvalue weighted by Crippen LogP contribution is 2.37. The summed E-state index contributed by atoms with van der Waals surface area (Å²) in [4.78, 5) is 0. The molecule has 2 unspecified atom stereocenters. The van der Waals surface area contributed by atoms with Crippen LogP contribution in [0.1, 0.15) is 23.3 Å². The molecule has 0 saturated carbocycles. The lowest BCUT2D eigenvalue weighted by Crippen LogP contribution is -2.11. The summed E-state index contributed by atoms with van der Waals surface area (Å²) in [5, 5.41) is 21.9. The average Bonchev–Trinajstić information content (AvgIpc) is 2.37. The van der Waals surface area contributed by atoms with Crippen LogP contribution in [0.5, 0.6) is 0 Å². The second-order valence-corrected chi connectivity index (χ2v) is 5.91. The van der Waals surface area contributed by atoms with Crippen LogP contribution in [0.2, 0.25) is 20.1 Å². The van der Waals surface area contributed by atoms with E-state index in [9.17, 15) is 10.2 Å². The first-order chi connectivity index (χ1) is 9.40. The van der Waals surface area contributed by atoms with Gasteiger partial charge in [-0.1, -0.05) is 58.5 Å². The molecule has 0 amide bonds. The molecule has 2 aromatic carbocycles. The van der Waals surface area contributed by atoms with Gasteiger partial charge in [0.25, 0.3) is 0 Å². The maximum absolute atomic E-state index is 10.2. The Morgan fingerprint density at radius 3 is 1.30 bits per heavy atom. The van der Waals surface area contributed by atoms with Crippen molar-refractivity contribution < 1.29 is 10.2 Å². The Morgan fingerprint density at radius 2 is 1.00 bits per heavy atom. The van der Waals surface area contributed by atoms with E-state index in [1.54, 1.807) is 24.3 Å². The third-order valence-corrected chi connectivity index (χ3v) is 3.99. The van der Waals surface area contributed by atoms with Gasteiger partial charge in [0, 0.05) is 31.2 Å². The molecule has 0 aliphatic heterocycles. The first kappa shape index (κ1) is 15.9. The minimum absolute atomic E-state index is 0.272. The van der Waals surface area contributed by atoms with Crippen molar-refractivity contribution in [1.29, 1.82) is 0 Å². The van der Waals surface area contributed by atoms with Gasteiger partial charge in [-0.15, -0.1) is 0 Å². The molecule has 0 spiro atoms. The Balaban J connectivity index is 2.34. The molecule has 6 heteroatoms. The fraction of sp³-hybridized carbons (Fsp3) is 0.143. The molecular formula is C14H10Cl4O2. The summed E-state index contributed by atoms with van der Waals surface area (Å²) in [6.07, 6.45) is -2.45. The molecular weight excluding hydrogens is 342 g/mol. The molecule has 106 valence electrons. The number of benzene rings is 2. The van der Waals surface area contributed by atoms with Crippen LogP contribution in [0.15, 0.2) is 36.4 Å². The predicted molar refractivity (Wildman–Crippen MR) is 82.8 cm³/mol. The topological polar surface area (TPSA) is 40.5 Å². The second-order valence-electron chi connectivity index (χ2n) is 4.22. The third-order valence-electron chi connectivity index (χ3n) is 2.86. The second kappa shape index (κ2) is 6.52. The van der Waals surface area contributed by atoms with Crippen molar-refractivity contribution in [3.8, 4) is 0 Å².